The highest BCUT2D eigenvalue weighted by atomic mass is 32.2. The molecule has 4 aliphatic rings. The van der Waals surface area contributed by atoms with E-state index in [-0.39, 0.29) is 5.99 Å². The van der Waals surface area contributed by atoms with Gasteiger partial charge in [0, 0.05) is 32.8 Å². The van der Waals surface area contributed by atoms with Crippen LogP contribution in [-0.4, -0.2) is 12.9 Å². The molecule has 0 aromatic heterocycles. The summed E-state index contributed by atoms with van der Waals surface area (Å²) in [6, 6.07) is 41.3. The van der Waals surface area contributed by atoms with Gasteiger partial charge in [-0.25, -0.2) is 0 Å². The molecule has 10 rings (SSSR count). The molecule has 5 nitrogen and oxygen atoms in total. The molecule has 0 atom stereocenters. The van der Waals surface area contributed by atoms with Gasteiger partial charge in [-0.2, -0.15) is 11.6 Å². The van der Waals surface area contributed by atoms with Crippen molar-refractivity contribution in [3.05, 3.63) is 127 Å². The average molecular weight is 599 g/mol. The van der Waals surface area contributed by atoms with Crippen molar-refractivity contribution in [1.82, 2.24) is 0 Å². The van der Waals surface area contributed by atoms with E-state index in [0.29, 0.717) is 11.5 Å². The average Bonchev–Trinajstić information content (AvgIpc) is 3.36. The minimum Gasteiger partial charge on any atom is -0.549 e. The molecular weight excluding hydrogens is 576 g/mol. The molecular formula is C37H23B2NO4S. The fraction of sp³-hybridized carbons (Fsp3) is 0.0270. The minimum absolute atomic E-state index is 0.0382. The summed E-state index contributed by atoms with van der Waals surface area (Å²) in [5, 5.41) is 0. The number of fused-ring (bicyclic) bond motifs is 6. The van der Waals surface area contributed by atoms with Gasteiger partial charge < -0.3 is 23.8 Å². The Labute approximate surface area is 265 Å². The quantitative estimate of drug-likeness (QED) is 0.187. The summed E-state index contributed by atoms with van der Waals surface area (Å²) in [5.74, 6) is 5.56. The third-order valence-electron chi connectivity index (χ3n) is 9.02. The number of ether oxygens (including phenoxy) is 3. The van der Waals surface area contributed by atoms with Crippen LogP contribution in [0.2, 0.25) is 0 Å². The monoisotopic (exact) mass is 599 g/mol. The Bertz CT molecular complexity index is 2210. The molecule has 0 bridgehead atoms. The second kappa shape index (κ2) is 9.40. The fourth-order valence-electron chi connectivity index (χ4n) is 7.10. The van der Waals surface area contributed by atoms with Crippen LogP contribution in [-0.2, 0) is 0 Å². The molecule has 4 heterocycles. The molecule has 0 spiro atoms. The molecule has 0 saturated heterocycles. The van der Waals surface area contributed by atoms with Crippen molar-refractivity contribution in [2.75, 3.05) is 4.90 Å². The molecule has 45 heavy (non-hydrogen) atoms. The minimum atomic E-state index is -0.394. The number of hydrogen-bond donors (Lipinski definition) is 0. The summed E-state index contributed by atoms with van der Waals surface area (Å²) in [6.45, 7) is 1.78. The van der Waals surface area contributed by atoms with Gasteiger partial charge in [-0.1, -0.05) is 60.7 Å². The first kappa shape index (κ1) is 25.2. The van der Waals surface area contributed by atoms with Crippen LogP contribution in [0.1, 0.15) is 5.56 Å². The van der Waals surface area contributed by atoms with Crippen molar-refractivity contribution in [3.8, 4) is 40.2 Å². The third kappa shape index (κ3) is 3.60. The highest BCUT2D eigenvalue weighted by Gasteiger charge is 2.46. The molecule has 0 unspecified atom stereocenters. The second-order valence-corrected chi connectivity index (χ2v) is 12.7. The summed E-state index contributed by atoms with van der Waals surface area (Å²) < 4.78 is 26.9. The van der Waals surface area contributed by atoms with Crippen molar-refractivity contribution < 1.29 is 18.9 Å². The molecule has 0 aliphatic carbocycles. The van der Waals surface area contributed by atoms with Gasteiger partial charge in [0.2, 0.25) is 0 Å². The Kier molecular flexibility index (Phi) is 5.26. The summed E-state index contributed by atoms with van der Waals surface area (Å²) in [5.41, 5.74) is 8.42. The van der Waals surface area contributed by atoms with Crippen molar-refractivity contribution >= 4 is 63.4 Å². The van der Waals surface area contributed by atoms with Crippen LogP contribution in [0.15, 0.2) is 126 Å². The van der Waals surface area contributed by atoms with Gasteiger partial charge in [-0.3, -0.25) is 0 Å². The lowest BCUT2D eigenvalue weighted by molar-refractivity contribution is 0.460. The van der Waals surface area contributed by atoms with E-state index in [9.17, 15) is 0 Å². The molecule has 8 heteroatoms. The molecule has 0 saturated carbocycles. The van der Waals surface area contributed by atoms with Gasteiger partial charge in [0.1, 0.15) is 34.5 Å². The zero-order valence-electron chi connectivity index (χ0n) is 24.2. The molecule has 212 valence electrons. The number of para-hydroxylation sites is 4. The van der Waals surface area contributed by atoms with Crippen LogP contribution >= 0.6 is 11.6 Å². The van der Waals surface area contributed by atoms with Gasteiger partial charge >= 0.3 is 6.92 Å². The Morgan fingerprint density at radius 1 is 0.578 bits per heavy atom. The van der Waals surface area contributed by atoms with E-state index >= 15 is 0 Å². The zero-order chi connectivity index (χ0) is 29.6. The van der Waals surface area contributed by atoms with E-state index < -0.39 is 6.92 Å². The van der Waals surface area contributed by atoms with Crippen molar-refractivity contribution in [1.29, 1.82) is 0 Å². The number of nitrogens with zero attached hydrogens (tertiary/aromatic N) is 1. The van der Waals surface area contributed by atoms with E-state index in [1.54, 1.807) is 11.6 Å². The van der Waals surface area contributed by atoms with Crippen molar-refractivity contribution in [3.63, 3.8) is 0 Å². The molecule has 0 N–H and O–H groups in total. The Balaban J connectivity index is 1.27. The predicted molar refractivity (Wildman–Crippen MR) is 182 cm³/mol. The van der Waals surface area contributed by atoms with Crippen LogP contribution in [0.4, 0.5) is 17.1 Å². The lowest BCUT2D eigenvalue weighted by Gasteiger charge is -2.39. The molecule has 4 aliphatic heterocycles. The molecule has 6 aromatic carbocycles. The smallest absolute Gasteiger partial charge is 0.434 e. The lowest BCUT2D eigenvalue weighted by Crippen LogP contribution is -2.56. The standard InChI is InChI=1S/C37H23B2NO4S/c1-22-36-24(21-25-37(22)43-32-19-10-18-31-35(32)39(25)45-33-20-8-7-16-29(33)42-31)38-34-26(40(36)23-11-3-2-4-12-23)13-9-17-30(34)41-27-14-5-6-15-28(27)44-38/h2-21H,1H3. The van der Waals surface area contributed by atoms with Gasteiger partial charge in [-0.05, 0) is 78.5 Å². The zero-order valence-corrected chi connectivity index (χ0v) is 25.0. The Hall–Kier alpha value is -5.20. The first-order chi connectivity index (χ1) is 22.2. The predicted octanol–water partition coefficient (Wildman–Crippen LogP) is 7.18. The van der Waals surface area contributed by atoms with Gasteiger partial charge in [0.05, 0.1) is 5.69 Å². The van der Waals surface area contributed by atoms with E-state index in [4.69, 9.17) is 18.9 Å². The largest absolute Gasteiger partial charge is 0.549 e. The first-order valence-corrected chi connectivity index (χ1v) is 15.9. The maximum Gasteiger partial charge on any atom is 0.434 e. The fourth-order valence-corrected chi connectivity index (χ4v) is 8.38. The summed E-state index contributed by atoms with van der Waals surface area (Å²) in [4.78, 5) is 3.43. The second-order valence-electron chi connectivity index (χ2n) is 11.6. The van der Waals surface area contributed by atoms with E-state index in [0.717, 1.165) is 78.1 Å². The highest BCUT2D eigenvalue weighted by Crippen LogP contribution is 2.48. The van der Waals surface area contributed by atoms with Gasteiger partial charge in [-0.15, -0.1) is 0 Å². The molecule has 0 amide bonds. The summed E-state index contributed by atoms with van der Waals surface area (Å²) in [7, 11) is 0. The van der Waals surface area contributed by atoms with E-state index in [1.165, 1.54) is 0 Å². The van der Waals surface area contributed by atoms with Crippen molar-refractivity contribution in [2.45, 2.75) is 11.8 Å². The van der Waals surface area contributed by atoms with Crippen LogP contribution in [0.5, 0.6) is 40.2 Å². The Morgan fingerprint density at radius 2 is 1.22 bits per heavy atom. The lowest BCUT2D eigenvalue weighted by atomic mass is 9.49. The topological polar surface area (TPSA) is 40.2 Å². The van der Waals surface area contributed by atoms with Crippen LogP contribution < -0.4 is 45.6 Å². The SMILES string of the molecule is Cc1c2c(cc3c1N(c1ccccc1)c1cccc4c1B3Oc1ccccc1O4)B1Sc3ccccc3Oc3cccc(c31)O2. The number of rotatable bonds is 1. The van der Waals surface area contributed by atoms with Crippen LogP contribution in [0, 0.1) is 6.92 Å². The van der Waals surface area contributed by atoms with Crippen LogP contribution in [0.25, 0.3) is 0 Å². The van der Waals surface area contributed by atoms with Gasteiger partial charge in [0.25, 0.3) is 5.99 Å². The Morgan fingerprint density at radius 3 is 2.07 bits per heavy atom. The summed E-state index contributed by atoms with van der Waals surface area (Å²) >= 11 is 1.81. The number of benzene rings is 6. The van der Waals surface area contributed by atoms with E-state index in [1.807, 2.05) is 66.7 Å². The van der Waals surface area contributed by atoms with Crippen LogP contribution in [0.3, 0.4) is 0 Å². The summed E-state index contributed by atoms with van der Waals surface area (Å²) in [6.07, 6.45) is 0. The molecule has 0 fully saturated rings. The molecule has 0 radical (unpaired) electrons. The third-order valence-corrected chi connectivity index (χ3v) is 10.3. The van der Waals surface area contributed by atoms with Crippen molar-refractivity contribution in [2.24, 2.45) is 0 Å². The van der Waals surface area contributed by atoms with E-state index in [2.05, 4.69) is 66.4 Å². The highest BCUT2D eigenvalue weighted by molar-refractivity contribution is 8.28. The first-order valence-electron chi connectivity index (χ1n) is 15.1. The number of anilines is 3. The number of hydrogen-bond acceptors (Lipinski definition) is 6. The molecule has 6 aromatic rings. The normalized spacial score (nSPS) is 14.4. The van der Waals surface area contributed by atoms with Gasteiger partial charge in [0.15, 0.2) is 5.75 Å². The maximum absolute atomic E-state index is 6.95. The maximum atomic E-state index is 6.95.